The lowest BCUT2D eigenvalue weighted by Gasteiger charge is -2.28. The van der Waals surface area contributed by atoms with E-state index in [2.05, 4.69) is 15.5 Å². The van der Waals surface area contributed by atoms with Gasteiger partial charge < -0.3 is 24.3 Å². The van der Waals surface area contributed by atoms with Crippen LogP contribution in [0.5, 0.6) is 0 Å². The summed E-state index contributed by atoms with van der Waals surface area (Å²) in [4.78, 5) is 29.0. The lowest BCUT2D eigenvalue weighted by molar-refractivity contribution is -0.120. The van der Waals surface area contributed by atoms with Crippen LogP contribution in [0.25, 0.3) is 11.5 Å². The number of sulfone groups is 1. The first kappa shape index (κ1) is 27.8. The number of benzene rings is 2. The molecule has 0 aliphatic carbocycles. The van der Waals surface area contributed by atoms with Crippen LogP contribution in [0.1, 0.15) is 32.8 Å². The Morgan fingerprint density at radius 2 is 1.90 bits per heavy atom. The summed E-state index contributed by atoms with van der Waals surface area (Å²) in [5.74, 6) is -2.61. The quantitative estimate of drug-likeness (QED) is 0.468. The number of hydrogen-bond donors (Lipinski definition) is 1. The smallest absolute Gasteiger partial charge is 0.408 e. The van der Waals surface area contributed by atoms with Crippen molar-refractivity contribution in [2.24, 2.45) is 0 Å². The molecule has 0 radical (unpaired) electrons. The van der Waals surface area contributed by atoms with Gasteiger partial charge in [-0.1, -0.05) is 28.8 Å². The summed E-state index contributed by atoms with van der Waals surface area (Å²) in [5, 5.41) is 10.8. The molecule has 2 aliphatic heterocycles. The monoisotopic (exact) mass is 591 g/mol. The van der Waals surface area contributed by atoms with E-state index >= 15 is 4.39 Å². The Morgan fingerprint density at radius 1 is 1.20 bits per heavy atom. The Kier molecular flexibility index (Phi) is 7.21. The number of amides is 2. The molecule has 1 fully saturated rings. The second-order valence-electron chi connectivity index (χ2n) is 10.6. The number of aromatic nitrogens is 2. The van der Waals surface area contributed by atoms with Gasteiger partial charge in [-0.05, 0) is 57.0 Å². The molecule has 1 saturated heterocycles. The fourth-order valence-electron chi connectivity index (χ4n) is 4.30. The highest BCUT2D eigenvalue weighted by Crippen LogP contribution is 2.38. The van der Waals surface area contributed by atoms with Crippen LogP contribution in [0.4, 0.5) is 20.9 Å². The molecule has 3 aromatic rings. The second-order valence-corrected chi connectivity index (χ2v) is 13.0. The summed E-state index contributed by atoms with van der Waals surface area (Å²) in [6, 6.07) is 7.36. The third-order valence-corrected chi connectivity index (χ3v) is 8.36. The fraction of sp³-hybridized carbons (Fsp3) is 0.385. The van der Waals surface area contributed by atoms with Crippen molar-refractivity contribution in [3.8, 4) is 11.5 Å². The maximum Gasteiger partial charge on any atom is 0.408 e. The number of nitrogens with zero attached hydrogens (tertiary/aromatic N) is 4. The molecule has 1 aromatic heterocycles. The molecule has 40 heavy (non-hydrogen) atoms. The zero-order chi connectivity index (χ0) is 28.8. The van der Waals surface area contributed by atoms with Crippen LogP contribution in [-0.4, -0.2) is 61.1 Å². The average molecular weight is 592 g/mol. The molecule has 14 heteroatoms. The van der Waals surface area contributed by atoms with Crippen molar-refractivity contribution >= 4 is 45.1 Å². The maximum atomic E-state index is 15.4. The molecule has 212 valence electrons. The summed E-state index contributed by atoms with van der Waals surface area (Å²) < 4.78 is 53.3. The van der Waals surface area contributed by atoms with Crippen molar-refractivity contribution in [2.75, 3.05) is 28.6 Å². The van der Waals surface area contributed by atoms with Gasteiger partial charge in [-0.3, -0.25) is 4.79 Å². The Bertz CT molecular complexity index is 1570. The maximum absolute atomic E-state index is 15.4. The molecule has 0 saturated carbocycles. The van der Waals surface area contributed by atoms with E-state index in [1.165, 1.54) is 11.0 Å². The Morgan fingerprint density at radius 3 is 2.52 bits per heavy atom. The van der Waals surface area contributed by atoms with Gasteiger partial charge in [0.2, 0.25) is 0 Å². The van der Waals surface area contributed by atoms with Gasteiger partial charge in [-0.2, -0.15) is 0 Å². The third kappa shape index (κ3) is 5.75. The predicted molar refractivity (Wildman–Crippen MR) is 144 cm³/mol. The molecular weight excluding hydrogens is 565 g/mol. The minimum atomic E-state index is -4.28. The number of ether oxygens (including phenoxy) is 1. The van der Waals surface area contributed by atoms with Crippen LogP contribution in [-0.2, 0) is 25.9 Å². The first-order valence-corrected chi connectivity index (χ1v) is 14.5. The second kappa shape index (κ2) is 10.4. The molecule has 5 rings (SSSR count). The molecule has 0 bridgehead atoms. The SMILES string of the molecule is CC(C)(C)OC(=O)N[C@H]1CS(=O)(=O)c2cc(F)c(-c3nnc(N4CCC4)o3)cc2N(Cc2ccc(Cl)cc2)C1=O. The van der Waals surface area contributed by atoms with Crippen molar-refractivity contribution in [1.82, 2.24) is 15.5 Å². The molecule has 1 N–H and O–H groups in total. The van der Waals surface area contributed by atoms with E-state index in [0.29, 0.717) is 10.6 Å². The highest BCUT2D eigenvalue weighted by Gasteiger charge is 2.40. The number of hydrogen-bond acceptors (Lipinski definition) is 9. The zero-order valence-electron chi connectivity index (χ0n) is 22.0. The molecule has 0 unspecified atom stereocenters. The number of carbonyl (C=O) groups is 2. The highest BCUT2D eigenvalue weighted by atomic mass is 35.5. The number of alkyl carbamates (subject to hydrolysis) is 1. The Balaban J connectivity index is 1.59. The van der Waals surface area contributed by atoms with Crippen molar-refractivity contribution in [3.05, 3.63) is 52.8 Å². The molecule has 1 atom stereocenters. The zero-order valence-corrected chi connectivity index (χ0v) is 23.6. The van der Waals surface area contributed by atoms with Gasteiger partial charge in [0.25, 0.3) is 11.8 Å². The first-order chi connectivity index (χ1) is 18.8. The standard InChI is InChI=1S/C26H27ClFN5O6S/c1-26(2,3)39-25(35)29-19-14-40(36,37)21-12-18(28)17(22-30-31-24(38-22)32-9-4-10-32)11-20(21)33(23(19)34)13-15-5-7-16(27)8-6-15/h5-8,11-12,19H,4,9-10,13-14H2,1-3H3,(H,29,35)/t19-/m0/s1. The number of halogens is 2. The summed E-state index contributed by atoms with van der Waals surface area (Å²) in [5.41, 5.74) is -0.531. The van der Waals surface area contributed by atoms with Gasteiger partial charge in [0.1, 0.15) is 17.5 Å². The van der Waals surface area contributed by atoms with E-state index in [4.69, 9.17) is 20.8 Å². The average Bonchev–Trinajstić information content (AvgIpc) is 3.27. The minimum absolute atomic E-state index is 0.0893. The summed E-state index contributed by atoms with van der Waals surface area (Å²) in [6.07, 6.45) is -0.00188. The van der Waals surface area contributed by atoms with Gasteiger partial charge in [0, 0.05) is 18.1 Å². The van der Waals surface area contributed by atoms with Crippen LogP contribution in [0, 0.1) is 5.82 Å². The van der Waals surface area contributed by atoms with Crippen LogP contribution >= 0.6 is 11.6 Å². The number of carbonyl (C=O) groups excluding carboxylic acids is 2. The van der Waals surface area contributed by atoms with E-state index in [-0.39, 0.29) is 29.7 Å². The van der Waals surface area contributed by atoms with Crippen molar-refractivity contribution < 1.29 is 31.6 Å². The lowest BCUT2D eigenvalue weighted by atomic mass is 10.1. The molecular formula is C26H27ClFN5O6S. The molecule has 2 aromatic carbocycles. The van der Waals surface area contributed by atoms with Crippen LogP contribution in [0.2, 0.25) is 5.02 Å². The fourth-order valence-corrected chi connectivity index (χ4v) is 6.04. The van der Waals surface area contributed by atoms with E-state index in [9.17, 15) is 18.0 Å². The van der Waals surface area contributed by atoms with Gasteiger partial charge in [0.05, 0.1) is 28.4 Å². The Hall–Kier alpha value is -3.71. The van der Waals surface area contributed by atoms with E-state index < -0.39 is 49.9 Å². The summed E-state index contributed by atoms with van der Waals surface area (Å²) in [6.45, 7) is 6.26. The van der Waals surface area contributed by atoms with Crippen molar-refractivity contribution in [3.63, 3.8) is 0 Å². The van der Waals surface area contributed by atoms with Gasteiger partial charge in [-0.25, -0.2) is 17.6 Å². The predicted octanol–water partition coefficient (Wildman–Crippen LogP) is 3.95. The van der Waals surface area contributed by atoms with Crippen LogP contribution in [0.3, 0.4) is 0 Å². The minimum Gasteiger partial charge on any atom is -0.444 e. The Labute approximate surface area is 235 Å². The van der Waals surface area contributed by atoms with Crippen molar-refractivity contribution in [2.45, 2.75) is 50.3 Å². The molecule has 2 amide bonds. The molecule has 0 spiro atoms. The summed E-state index contributed by atoms with van der Waals surface area (Å²) >= 11 is 6.02. The van der Waals surface area contributed by atoms with E-state index in [0.717, 1.165) is 25.6 Å². The number of fused-ring (bicyclic) bond motifs is 1. The normalized spacial score (nSPS) is 18.5. The molecule has 3 heterocycles. The number of anilines is 2. The van der Waals surface area contributed by atoms with E-state index in [1.807, 2.05) is 4.90 Å². The first-order valence-electron chi connectivity index (χ1n) is 12.5. The molecule has 11 nitrogen and oxygen atoms in total. The summed E-state index contributed by atoms with van der Waals surface area (Å²) in [7, 11) is -4.28. The lowest BCUT2D eigenvalue weighted by Crippen LogP contribution is -2.51. The van der Waals surface area contributed by atoms with Gasteiger partial charge >= 0.3 is 12.1 Å². The van der Waals surface area contributed by atoms with Gasteiger partial charge in [0.15, 0.2) is 9.84 Å². The largest absolute Gasteiger partial charge is 0.444 e. The van der Waals surface area contributed by atoms with Crippen LogP contribution in [0.15, 0.2) is 45.7 Å². The van der Waals surface area contributed by atoms with Gasteiger partial charge in [-0.15, -0.1) is 5.10 Å². The topological polar surface area (TPSA) is 135 Å². The van der Waals surface area contributed by atoms with E-state index in [1.54, 1.807) is 45.0 Å². The third-order valence-electron chi connectivity index (χ3n) is 6.34. The number of nitrogens with one attached hydrogen (secondary N) is 1. The molecule has 2 aliphatic rings. The van der Waals surface area contributed by atoms with Crippen molar-refractivity contribution in [1.29, 1.82) is 0 Å². The van der Waals surface area contributed by atoms with Crippen LogP contribution < -0.4 is 15.1 Å². The number of rotatable bonds is 5. The highest BCUT2D eigenvalue weighted by molar-refractivity contribution is 7.91.